The van der Waals surface area contributed by atoms with Crippen LogP contribution in [-0.2, 0) is 11.2 Å². The molecule has 90 valence electrons. The van der Waals surface area contributed by atoms with Gasteiger partial charge in [-0.25, -0.2) is 4.39 Å². The van der Waals surface area contributed by atoms with E-state index in [1.165, 1.54) is 18.7 Å². The fourth-order valence-electron chi connectivity index (χ4n) is 1.93. The number of benzene rings is 1. The Morgan fingerprint density at radius 1 is 1.35 bits per heavy atom. The Morgan fingerprint density at radius 2 is 2.12 bits per heavy atom. The van der Waals surface area contributed by atoms with E-state index >= 15 is 0 Å². The molecule has 2 rings (SSSR count). The second-order valence-corrected chi connectivity index (χ2v) is 4.14. The van der Waals surface area contributed by atoms with Crippen LogP contribution in [0, 0.1) is 0 Å². The summed E-state index contributed by atoms with van der Waals surface area (Å²) in [6.45, 7) is 0. The molecule has 1 unspecified atom stereocenters. The van der Waals surface area contributed by atoms with Gasteiger partial charge in [-0.05, 0) is 30.1 Å². The predicted octanol–water partition coefficient (Wildman–Crippen LogP) is 3.82. The maximum absolute atomic E-state index is 13.5. The van der Waals surface area contributed by atoms with Crippen LogP contribution in [0.25, 0.3) is 0 Å². The van der Waals surface area contributed by atoms with Crippen LogP contribution in [0.1, 0.15) is 19.8 Å². The molecule has 0 saturated heterocycles. The average molecular weight is 233 g/mol. The highest BCUT2D eigenvalue weighted by molar-refractivity contribution is 5.29. The van der Waals surface area contributed by atoms with E-state index in [0.717, 1.165) is 18.4 Å². The molecule has 17 heavy (non-hydrogen) atoms. The smallest absolute Gasteiger partial charge is 0.103 e. The molecule has 2 heteroatoms. The van der Waals surface area contributed by atoms with Crippen molar-refractivity contribution in [3.8, 4) is 0 Å². The van der Waals surface area contributed by atoms with Crippen LogP contribution in [0.4, 0.5) is 4.39 Å². The highest BCUT2D eigenvalue weighted by atomic mass is 19.1. The van der Waals surface area contributed by atoms with Crippen LogP contribution < -0.4 is 0 Å². The maximum atomic E-state index is 13.5. The van der Waals surface area contributed by atoms with Gasteiger partial charge in [-0.2, -0.15) is 0 Å². The highest BCUT2D eigenvalue weighted by Gasteiger charge is 2.14. The zero-order chi connectivity index (χ0) is 13.0. The molecule has 1 aromatic rings. The average Bonchev–Trinajstić information content (AvgIpc) is 2.37. The van der Waals surface area contributed by atoms with Crippen molar-refractivity contribution in [3.63, 3.8) is 0 Å². The number of hydrogen-bond acceptors (Lipinski definition) is 1. The number of allylic oxidation sites excluding steroid dienone is 2. The summed E-state index contributed by atoms with van der Waals surface area (Å²) in [7, 11) is 1.44. The van der Waals surface area contributed by atoms with E-state index in [4.69, 9.17) is 6.11 Å². The standard InChI is InChI=1S/C15H17FO/c1-17-15-10-13(9-14(16)11-15)8-7-12-5-3-2-4-6-12/h2-6,9-10,15H,7-8,11H2,1H3/i15D. The van der Waals surface area contributed by atoms with E-state index in [-0.39, 0.29) is 12.2 Å². The molecule has 0 saturated carbocycles. The van der Waals surface area contributed by atoms with Gasteiger partial charge >= 0.3 is 0 Å². The van der Waals surface area contributed by atoms with Crippen LogP contribution in [0.3, 0.4) is 0 Å². The van der Waals surface area contributed by atoms with Crippen LogP contribution in [0.2, 0.25) is 0 Å². The third-order valence-electron chi connectivity index (χ3n) is 2.84. The topological polar surface area (TPSA) is 9.23 Å². The van der Waals surface area contributed by atoms with Crippen LogP contribution in [-0.4, -0.2) is 13.2 Å². The van der Waals surface area contributed by atoms with Gasteiger partial charge in [0.1, 0.15) is 5.83 Å². The molecule has 0 heterocycles. The van der Waals surface area contributed by atoms with Gasteiger partial charge in [0.2, 0.25) is 0 Å². The Balaban J connectivity index is 2.04. The molecule has 0 aliphatic heterocycles. The summed E-state index contributed by atoms with van der Waals surface area (Å²) in [5.74, 6) is -0.280. The first-order valence-corrected chi connectivity index (χ1v) is 5.78. The van der Waals surface area contributed by atoms with Crippen molar-refractivity contribution in [1.82, 2.24) is 0 Å². The molecule has 1 nitrogen and oxygen atoms in total. The van der Waals surface area contributed by atoms with Gasteiger partial charge in [0.15, 0.2) is 0 Å². The first-order valence-electron chi connectivity index (χ1n) is 6.28. The summed E-state index contributed by atoms with van der Waals surface area (Å²) in [6, 6.07) is 10.1. The van der Waals surface area contributed by atoms with Crippen molar-refractivity contribution in [2.75, 3.05) is 7.11 Å². The predicted molar refractivity (Wildman–Crippen MR) is 67.5 cm³/mol. The largest absolute Gasteiger partial charge is 0.377 e. The lowest BCUT2D eigenvalue weighted by Gasteiger charge is -2.16. The second kappa shape index (κ2) is 5.78. The summed E-state index contributed by atoms with van der Waals surface area (Å²) in [6.07, 6.45) is 3.55. The highest BCUT2D eigenvalue weighted by Crippen LogP contribution is 2.23. The number of aryl methyl sites for hydroxylation is 1. The van der Waals surface area contributed by atoms with Crippen molar-refractivity contribution >= 4 is 0 Å². The minimum Gasteiger partial charge on any atom is -0.377 e. The van der Waals surface area contributed by atoms with Crippen molar-refractivity contribution in [2.24, 2.45) is 0 Å². The second-order valence-electron chi connectivity index (χ2n) is 4.14. The van der Waals surface area contributed by atoms with Gasteiger partial charge in [-0.1, -0.05) is 36.4 Å². The summed E-state index contributed by atoms with van der Waals surface area (Å²) in [5.41, 5.74) is 2.05. The van der Waals surface area contributed by atoms with Gasteiger partial charge in [0.05, 0.1) is 7.45 Å². The lowest BCUT2D eigenvalue weighted by molar-refractivity contribution is 0.134. The maximum Gasteiger partial charge on any atom is 0.103 e. The van der Waals surface area contributed by atoms with Gasteiger partial charge in [0.25, 0.3) is 0 Å². The number of hydrogen-bond donors (Lipinski definition) is 0. The number of ether oxygens (including phenoxy) is 1. The monoisotopic (exact) mass is 233 g/mol. The number of halogens is 1. The third-order valence-corrected chi connectivity index (χ3v) is 2.84. The normalized spacial score (nSPS) is 24.9. The Bertz CT molecular complexity index is 467. The molecule has 1 aliphatic rings. The van der Waals surface area contributed by atoms with Crippen LogP contribution >= 0.6 is 0 Å². The van der Waals surface area contributed by atoms with Crippen LogP contribution in [0.5, 0.6) is 0 Å². The lowest BCUT2D eigenvalue weighted by atomic mass is 9.98. The summed E-state index contributed by atoms with van der Waals surface area (Å²) in [4.78, 5) is 0. The molecule has 0 spiro atoms. The van der Waals surface area contributed by atoms with E-state index in [2.05, 4.69) is 0 Å². The quantitative estimate of drug-likeness (QED) is 0.768. The van der Waals surface area contributed by atoms with Gasteiger partial charge in [-0.15, -0.1) is 0 Å². The molecule has 0 bridgehead atoms. The summed E-state index contributed by atoms with van der Waals surface area (Å²) < 4.78 is 26.4. The zero-order valence-electron chi connectivity index (χ0n) is 10.9. The van der Waals surface area contributed by atoms with E-state index in [1.807, 2.05) is 30.3 Å². The van der Waals surface area contributed by atoms with E-state index in [0.29, 0.717) is 0 Å². The molecule has 0 radical (unpaired) electrons. The van der Waals surface area contributed by atoms with E-state index in [1.54, 1.807) is 6.08 Å². The van der Waals surface area contributed by atoms with Gasteiger partial charge in [-0.3, -0.25) is 0 Å². The number of methoxy groups -OCH3 is 1. The van der Waals surface area contributed by atoms with Gasteiger partial charge < -0.3 is 4.74 Å². The van der Waals surface area contributed by atoms with Crippen molar-refractivity contribution in [2.45, 2.75) is 25.3 Å². The van der Waals surface area contributed by atoms with E-state index < -0.39 is 6.08 Å². The van der Waals surface area contributed by atoms with E-state index in [9.17, 15) is 4.39 Å². The fraction of sp³-hybridized carbons (Fsp3) is 0.333. The molecule has 1 aliphatic carbocycles. The summed E-state index contributed by atoms with van der Waals surface area (Å²) in [5, 5.41) is 0. The fourth-order valence-corrected chi connectivity index (χ4v) is 1.93. The molecule has 0 N–H and O–H groups in total. The zero-order valence-corrected chi connectivity index (χ0v) is 9.95. The molecule has 0 aromatic heterocycles. The summed E-state index contributed by atoms with van der Waals surface area (Å²) >= 11 is 0. The molecule has 0 fully saturated rings. The van der Waals surface area contributed by atoms with Gasteiger partial charge in [0, 0.05) is 13.5 Å². The molecule has 0 amide bonds. The molecular weight excluding hydrogens is 215 g/mol. The Kier molecular flexibility index (Phi) is 3.65. The lowest BCUT2D eigenvalue weighted by Crippen LogP contribution is -2.11. The van der Waals surface area contributed by atoms with Crippen molar-refractivity contribution < 1.29 is 10.5 Å². The van der Waals surface area contributed by atoms with Crippen LogP contribution in [0.15, 0.2) is 53.9 Å². The minimum absolute atomic E-state index is 0.00165. The number of rotatable bonds is 4. The third kappa shape index (κ3) is 3.53. The Hall–Kier alpha value is -1.41. The first kappa shape index (κ1) is 10.7. The Morgan fingerprint density at radius 3 is 2.82 bits per heavy atom. The van der Waals surface area contributed by atoms with Crippen molar-refractivity contribution in [3.05, 3.63) is 59.4 Å². The minimum atomic E-state index is -1.25. The molecular formula is C15H17FO. The SMILES string of the molecule is [2H]C1(OC)C=C(CCc2ccccc2)C=C(F)C1. The molecule has 1 atom stereocenters. The Labute approximate surface area is 103 Å². The van der Waals surface area contributed by atoms with Crippen molar-refractivity contribution in [1.29, 1.82) is 0 Å². The first-order chi connectivity index (χ1) is 8.61. The molecule has 1 aromatic carbocycles.